The minimum Gasteiger partial charge on any atom is -0.409 e. The molecule has 2 rings (SSSR count). The van der Waals surface area contributed by atoms with E-state index in [9.17, 15) is 4.79 Å². The summed E-state index contributed by atoms with van der Waals surface area (Å²) in [7, 11) is 0. The molecule has 1 aliphatic rings. The second-order valence-corrected chi connectivity index (χ2v) is 6.55. The van der Waals surface area contributed by atoms with Crippen LogP contribution in [0.15, 0.2) is 22.7 Å². The molecule has 21 heavy (non-hydrogen) atoms. The molecule has 1 heterocycles. The number of rotatable bonds is 7. The Labute approximate surface area is 129 Å². The highest BCUT2D eigenvalue weighted by atomic mass is 32.1. The van der Waals surface area contributed by atoms with Gasteiger partial charge in [-0.3, -0.25) is 4.79 Å². The number of carbonyl (C=O) groups excluding carboxylic acids is 1. The van der Waals surface area contributed by atoms with Crippen molar-refractivity contribution in [3.63, 3.8) is 0 Å². The summed E-state index contributed by atoms with van der Waals surface area (Å²) in [5, 5.41) is 14.2. The average molecular weight is 309 g/mol. The first-order valence-electron chi connectivity index (χ1n) is 7.40. The number of nitrogens with two attached hydrogens (primary N) is 1. The molecule has 1 saturated carbocycles. The van der Waals surface area contributed by atoms with Crippen LogP contribution in [-0.2, 0) is 11.3 Å². The topological polar surface area (TPSA) is 78.9 Å². The van der Waals surface area contributed by atoms with Crippen LogP contribution in [0.5, 0.6) is 0 Å². The Balaban J connectivity index is 2.27. The molecule has 0 spiro atoms. The molecule has 1 amide bonds. The number of hydrogen-bond acceptors (Lipinski definition) is 4. The second kappa shape index (κ2) is 6.47. The molecule has 1 aromatic rings. The highest BCUT2D eigenvalue weighted by Gasteiger charge is 2.46. The van der Waals surface area contributed by atoms with Crippen molar-refractivity contribution in [2.75, 3.05) is 0 Å². The zero-order chi connectivity index (χ0) is 15.5. The monoisotopic (exact) mass is 309 g/mol. The van der Waals surface area contributed by atoms with E-state index in [2.05, 4.69) is 5.16 Å². The molecule has 0 atom stereocenters. The SMILES string of the molecule is CCC(CC)(C(=O)N(Cc1cccs1)C1CC1)C(N)=NO. The molecule has 0 radical (unpaired) electrons. The molecule has 1 fully saturated rings. The van der Waals surface area contributed by atoms with Gasteiger partial charge in [0, 0.05) is 10.9 Å². The van der Waals surface area contributed by atoms with Gasteiger partial charge in [-0.05, 0) is 37.1 Å². The Hall–Kier alpha value is -1.56. The van der Waals surface area contributed by atoms with Crippen molar-refractivity contribution in [3.05, 3.63) is 22.4 Å². The van der Waals surface area contributed by atoms with Crippen LogP contribution in [0.25, 0.3) is 0 Å². The van der Waals surface area contributed by atoms with Crippen LogP contribution in [0.2, 0.25) is 0 Å². The lowest BCUT2D eigenvalue weighted by Gasteiger charge is -2.35. The van der Waals surface area contributed by atoms with Gasteiger partial charge in [0.1, 0.15) is 5.41 Å². The number of thiophene rings is 1. The van der Waals surface area contributed by atoms with Gasteiger partial charge in [0.15, 0.2) is 5.84 Å². The summed E-state index contributed by atoms with van der Waals surface area (Å²) < 4.78 is 0. The van der Waals surface area contributed by atoms with Gasteiger partial charge in [-0.2, -0.15) is 0 Å². The predicted molar refractivity (Wildman–Crippen MR) is 84.3 cm³/mol. The maximum absolute atomic E-state index is 13.1. The molecule has 116 valence electrons. The van der Waals surface area contributed by atoms with Crippen LogP contribution in [0.3, 0.4) is 0 Å². The van der Waals surface area contributed by atoms with Gasteiger partial charge in [-0.15, -0.1) is 11.3 Å². The smallest absolute Gasteiger partial charge is 0.237 e. The lowest BCUT2D eigenvalue weighted by atomic mass is 9.79. The number of carbonyl (C=O) groups is 1. The predicted octanol–water partition coefficient (Wildman–Crippen LogP) is 2.79. The summed E-state index contributed by atoms with van der Waals surface area (Å²) in [5.74, 6) is 0.00743. The summed E-state index contributed by atoms with van der Waals surface area (Å²) in [6.45, 7) is 4.44. The normalized spacial score (nSPS) is 16.0. The summed E-state index contributed by atoms with van der Waals surface area (Å²) >= 11 is 1.65. The number of oxime groups is 1. The largest absolute Gasteiger partial charge is 0.409 e. The number of nitrogens with zero attached hydrogens (tertiary/aromatic N) is 2. The quantitative estimate of drug-likeness (QED) is 0.352. The highest BCUT2D eigenvalue weighted by molar-refractivity contribution is 7.09. The summed E-state index contributed by atoms with van der Waals surface area (Å²) in [5.41, 5.74) is 4.97. The van der Waals surface area contributed by atoms with Crippen molar-refractivity contribution in [1.29, 1.82) is 0 Å². The Kier molecular flexibility index (Phi) is 4.88. The minimum atomic E-state index is -0.894. The van der Waals surface area contributed by atoms with Gasteiger partial charge in [0.25, 0.3) is 0 Å². The van der Waals surface area contributed by atoms with Crippen molar-refractivity contribution in [1.82, 2.24) is 4.90 Å². The Bertz CT molecular complexity index is 505. The Morgan fingerprint density at radius 3 is 2.62 bits per heavy atom. The molecular weight excluding hydrogens is 286 g/mol. The minimum absolute atomic E-state index is 0.0151. The third kappa shape index (κ3) is 3.05. The number of hydrogen-bond donors (Lipinski definition) is 2. The second-order valence-electron chi connectivity index (χ2n) is 5.52. The molecule has 3 N–H and O–H groups in total. The van der Waals surface area contributed by atoms with Crippen molar-refractivity contribution in [3.8, 4) is 0 Å². The van der Waals surface area contributed by atoms with E-state index in [4.69, 9.17) is 10.9 Å². The van der Waals surface area contributed by atoms with Crippen LogP contribution >= 0.6 is 11.3 Å². The van der Waals surface area contributed by atoms with Crippen molar-refractivity contribution in [2.45, 2.75) is 52.1 Å². The van der Waals surface area contributed by atoms with Gasteiger partial charge in [0.2, 0.25) is 5.91 Å². The van der Waals surface area contributed by atoms with E-state index < -0.39 is 5.41 Å². The first kappa shape index (κ1) is 15.8. The lowest BCUT2D eigenvalue weighted by molar-refractivity contribution is -0.140. The first-order chi connectivity index (χ1) is 10.1. The number of amides is 1. The molecule has 0 aliphatic heterocycles. The molecule has 0 aromatic carbocycles. The van der Waals surface area contributed by atoms with Gasteiger partial charge in [-0.25, -0.2) is 0 Å². The van der Waals surface area contributed by atoms with Gasteiger partial charge >= 0.3 is 0 Å². The fourth-order valence-electron chi connectivity index (χ4n) is 2.72. The van der Waals surface area contributed by atoms with E-state index in [1.54, 1.807) is 11.3 Å². The van der Waals surface area contributed by atoms with Crippen molar-refractivity contribution in [2.24, 2.45) is 16.3 Å². The maximum atomic E-state index is 13.1. The maximum Gasteiger partial charge on any atom is 0.237 e. The Morgan fingerprint density at radius 1 is 1.52 bits per heavy atom. The van der Waals surface area contributed by atoms with E-state index >= 15 is 0 Å². The van der Waals surface area contributed by atoms with Gasteiger partial charge in [0.05, 0.1) is 6.54 Å². The molecule has 5 nitrogen and oxygen atoms in total. The summed E-state index contributed by atoms with van der Waals surface area (Å²) in [6.07, 6.45) is 3.14. The zero-order valence-corrected chi connectivity index (χ0v) is 13.4. The molecule has 0 bridgehead atoms. The highest BCUT2D eigenvalue weighted by Crippen LogP contribution is 2.36. The van der Waals surface area contributed by atoms with Crippen LogP contribution < -0.4 is 5.73 Å². The standard InChI is InChI=1S/C15H23N3O2S/c1-3-15(4-2,13(16)17-20)14(19)18(11-7-8-11)10-12-6-5-9-21-12/h5-6,9,11,20H,3-4,7-8,10H2,1-2H3,(H2,16,17). The van der Waals surface area contributed by atoms with Crippen LogP contribution in [0, 0.1) is 5.41 Å². The van der Waals surface area contributed by atoms with E-state index in [1.807, 2.05) is 36.3 Å². The molecular formula is C15H23N3O2S. The lowest BCUT2D eigenvalue weighted by Crippen LogP contribution is -2.51. The van der Waals surface area contributed by atoms with Gasteiger partial charge < -0.3 is 15.8 Å². The van der Waals surface area contributed by atoms with Crippen molar-refractivity contribution < 1.29 is 10.0 Å². The summed E-state index contributed by atoms with van der Waals surface area (Å²) in [4.78, 5) is 16.2. The Morgan fingerprint density at radius 2 is 2.19 bits per heavy atom. The van der Waals surface area contributed by atoms with E-state index in [1.165, 1.54) is 0 Å². The van der Waals surface area contributed by atoms with Crippen LogP contribution in [-0.4, -0.2) is 27.9 Å². The fraction of sp³-hybridized carbons (Fsp3) is 0.600. The zero-order valence-electron chi connectivity index (χ0n) is 12.6. The van der Waals surface area contributed by atoms with E-state index in [-0.39, 0.29) is 11.7 Å². The molecule has 0 unspecified atom stereocenters. The third-order valence-electron chi connectivity index (χ3n) is 4.37. The van der Waals surface area contributed by atoms with E-state index in [0.717, 1.165) is 17.7 Å². The van der Waals surface area contributed by atoms with Crippen molar-refractivity contribution >= 4 is 23.1 Å². The van der Waals surface area contributed by atoms with Crippen LogP contribution in [0.4, 0.5) is 0 Å². The summed E-state index contributed by atoms with van der Waals surface area (Å²) in [6, 6.07) is 4.33. The first-order valence-corrected chi connectivity index (χ1v) is 8.28. The molecule has 6 heteroatoms. The van der Waals surface area contributed by atoms with Gasteiger partial charge in [-0.1, -0.05) is 25.1 Å². The average Bonchev–Trinajstić information content (AvgIpc) is 3.22. The van der Waals surface area contributed by atoms with E-state index in [0.29, 0.717) is 25.4 Å². The van der Waals surface area contributed by atoms with Crippen LogP contribution in [0.1, 0.15) is 44.4 Å². The molecule has 1 aliphatic carbocycles. The molecule has 1 aromatic heterocycles. The third-order valence-corrected chi connectivity index (χ3v) is 5.23. The fourth-order valence-corrected chi connectivity index (χ4v) is 3.42. The number of amidine groups is 1. The molecule has 0 saturated heterocycles.